The van der Waals surface area contributed by atoms with Gasteiger partial charge in [0.2, 0.25) is 0 Å². The first kappa shape index (κ1) is 21.6. The van der Waals surface area contributed by atoms with Gasteiger partial charge in [-0.2, -0.15) is 0 Å². The second kappa shape index (κ2) is 9.16. The summed E-state index contributed by atoms with van der Waals surface area (Å²) in [4.78, 5) is 12.9. The minimum absolute atomic E-state index is 0.149. The molecular formula is C25H30N2O3. The number of ether oxygens (including phenoxy) is 1. The van der Waals surface area contributed by atoms with Crippen molar-refractivity contribution in [1.82, 2.24) is 10.5 Å². The molecule has 3 rings (SSSR count). The summed E-state index contributed by atoms with van der Waals surface area (Å²) in [5.41, 5.74) is 5.50. The molecule has 3 aromatic rings. The summed E-state index contributed by atoms with van der Waals surface area (Å²) < 4.78 is 11.2. The van der Waals surface area contributed by atoms with E-state index in [-0.39, 0.29) is 24.2 Å². The zero-order valence-corrected chi connectivity index (χ0v) is 18.6. The highest BCUT2D eigenvalue weighted by Crippen LogP contribution is 2.22. The molecule has 0 radical (unpaired) electrons. The fourth-order valence-electron chi connectivity index (χ4n) is 3.43. The number of nitrogens with zero attached hydrogens (tertiary/aromatic N) is 1. The number of carbonyl (C=O) groups is 1. The maximum absolute atomic E-state index is 12.9. The molecule has 1 amide bonds. The van der Waals surface area contributed by atoms with Crippen LogP contribution in [0.5, 0.6) is 5.75 Å². The molecule has 2 aromatic carbocycles. The fraction of sp³-hybridized carbons (Fsp3) is 0.360. The Morgan fingerprint density at radius 2 is 1.60 bits per heavy atom. The van der Waals surface area contributed by atoms with Gasteiger partial charge in [-0.15, -0.1) is 0 Å². The number of carbonyl (C=O) groups excluding carboxylic acids is 1. The number of benzene rings is 2. The van der Waals surface area contributed by atoms with Gasteiger partial charge in [-0.05, 0) is 68.0 Å². The van der Waals surface area contributed by atoms with E-state index in [1.165, 1.54) is 5.56 Å². The van der Waals surface area contributed by atoms with Gasteiger partial charge in [0.25, 0.3) is 5.91 Å². The fourth-order valence-corrected chi connectivity index (χ4v) is 3.43. The molecule has 0 fully saturated rings. The number of aryl methyl sites for hydroxylation is 3. The van der Waals surface area contributed by atoms with E-state index >= 15 is 0 Å². The summed E-state index contributed by atoms with van der Waals surface area (Å²) in [5, 5.41) is 6.99. The van der Waals surface area contributed by atoms with Crippen molar-refractivity contribution in [3.8, 4) is 5.75 Å². The molecule has 0 bridgehead atoms. The molecular weight excluding hydrogens is 376 g/mol. The molecule has 0 aliphatic heterocycles. The molecule has 1 aromatic heterocycles. The SMILES string of the molecule is Cc1cc(C)cc(OCc2c(C(=O)NC(C)c3ccc(C(C)C)cc3)noc2C)c1. The Morgan fingerprint density at radius 1 is 1.00 bits per heavy atom. The van der Waals surface area contributed by atoms with Crippen LogP contribution in [0.4, 0.5) is 0 Å². The maximum Gasteiger partial charge on any atom is 0.274 e. The van der Waals surface area contributed by atoms with Crippen molar-refractivity contribution in [2.45, 2.75) is 60.1 Å². The lowest BCUT2D eigenvalue weighted by atomic mass is 9.99. The molecule has 5 nitrogen and oxygen atoms in total. The van der Waals surface area contributed by atoms with Crippen molar-refractivity contribution in [3.05, 3.63) is 81.7 Å². The normalized spacial score (nSPS) is 12.1. The second-order valence-corrected chi connectivity index (χ2v) is 8.19. The number of rotatable bonds is 7. The van der Waals surface area contributed by atoms with Crippen molar-refractivity contribution in [1.29, 1.82) is 0 Å². The number of hydrogen-bond acceptors (Lipinski definition) is 4. The van der Waals surface area contributed by atoms with E-state index in [0.29, 0.717) is 17.2 Å². The van der Waals surface area contributed by atoms with E-state index in [1.807, 2.05) is 32.9 Å². The van der Waals surface area contributed by atoms with E-state index in [4.69, 9.17) is 9.26 Å². The highest BCUT2D eigenvalue weighted by atomic mass is 16.5. The van der Waals surface area contributed by atoms with E-state index in [2.05, 4.69) is 54.7 Å². The minimum Gasteiger partial charge on any atom is -0.489 e. The molecule has 5 heteroatoms. The van der Waals surface area contributed by atoms with Crippen molar-refractivity contribution >= 4 is 5.91 Å². The molecule has 1 N–H and O–H groups in total. The predicted octanol–water partition coefficient (Wildman–Crippen LogP) is 5.79. The third kappa shape index (κ3) is 5.09. The van der Waals surface area contributed by atoms with Gasteiger partial charge in [0.15, 0.2) is 5.69 Å². The molecule has 0 spiro atoms. The summed E-state index contributed by atoms with van der Waals surface area (Å²) in [6, 6.07) is 14.2. The third-order valence-corrected chi connectivity index (χ3v) is 5.23. The van der Waals surface area contributed by atoms with Gasteiger partial charge in [-0.25, -0.2) is 0 Å². The number of amides is 1. The lowest BCUT2D eigenvalue weighted by Crippen LogP contribution is -2.28. The van der Waals surface area contributed by atoms with Crippen LogP contribution in [0.15, 0.2) is 47.0 Å². The molecule has 0 saturated carbocycles. The first-order valence-corrected chi connectivity index (χ1v) is 10.3. The van der Waals surface area contributed by atoms with Crippen LogP contribution in [0.1, 0.15) is 76.8 Å². The van der Waals surface area contributed by atoms with Crippen LogP contribution in [-0.2, 0) is 6.61 Å². The highest BCUT2D eigenvalue weighted by molar-refractivity contribution is 5.94. The summed E-state index contributed by atoms with van der Waals surface area (Å²) in [5.74, 6) is 1.55. The molecule has 0 saturated heterocycles. The Hall–Kier alpha value is -3.08. The summed E-state index contributed by atoms with van der Waals surface area (Å²) in [7, 11) is 0. The van der Waals surface area contributed by atoms with Gasteiger partial charge in [-0.3, -0.25) is 4.79 Å². The molecule has 1 unspecified atom stereocenters. The Labute approximate surface area is 178 Å². The number of nitrogens with one attached hydrogen (secondary N) is 1. The maximum atomic E-state index is 12.9. The Bertz CT molecular complexity index is 999. The topological polar surface area (TPSA) is 64.4 Å². The lowest BCUT2D eigenvalue weighted by Gasteiger charge is -2.15. The zero-order valence-electron chi connectivity index (χ0n) is 18.6. The lowest BCUT2D eigenvalue weighted by molar-refractivity contribution is 0.0928. The minimum atomic E-state index is -0.272. The van der Waals surface area contributed by atoms with E-state index < -0.39 is 0 Å². The zero-order chi connectivity index (χ0) is 21.8. The first-order chi connectivity index (χ1) is 14.2. The Kier molecular flexibility index (Phi) is 6.60. The van der Waals surface area contributed by atoms with Crippen molar-refractivity contribution in [2.75, 3.05) is 0 Å². The van der Waals surface area contributed by atoms with E-state index in [0.717, 1.165) is 22.4 Å². The largest absolute Gasteiger partial charge is 0.489 e. The van der Waals surface area contributed by atoms with Crippen LogP contribution >= 0.6 is 0 Å². The van der Waals surface area contributed by atoms with Gasteiger partial charge in [0.1, 0.15) is 18.1 Å². The van der Waals surface area contributed by atoms with Crippen LogP contribution in [0.25, 0.3) is 0 Å². The quantitative estimate of drug-likeness (QED) is 0.539. The predicted molar refractivity (Wildman–Crippen MR) is 118 cm³/mol. The molecule has 0 aliphatic rings. The average molecular weight is 407 g/mol. The van der Waals surface area contributed by atoms with Crippen LogP contribution in [-0.4, -0.2) is 11.1 Å². The van der Waals surface area contributed by atoms with Crippen molar-refractivity contribution in [2.24, 2.45) is 0 Å². The van der Waals surface area contributed by atoms with Gasteiger partial charge >= 0.3 is 0 Å². The van der Waals surface area contributed by atoms with Gasteiger partial charge in [0, 0.05) is 0 Å². The Morgan fingerprint density at radius 3 is 2.20 bits per heavy atom. The summed E-state index contributed by atoms with van der Waals surface area (Å²) >= 11 is 0. The third-order valence-electron chi connectivity index (χ3n) is 5.23. The van der Waals surface area contributed by atoms with Gasteiger partial charge < -0.3 is 14.6 Å². The monoisotopic (exact) mass is 406 g/mol. The number of hydrogen-bond donors (Lipinski definition) is 1. The van der Waals surface area contributed by atoms with Crippen LogP contribution in [0.2, 0.25) is 0 Å². The van der Waals surface area contributed by atoms with Gasteiger partial charge in [-0.1, -0.05) is 49.3 Å². The van der Waals surface area contributed by atoms with Crippen LogP contribution < -0.4 is 10.1 Å². The van der Waals surface area contributed by atoms with Crippen molar-refractivity contribution < 1.29 is 14.1 Å². The van der Waals surface area contributed by atoms with E-state index in [1.54, 1.807) is 6.92 Å². The summed E-state index contributed by atoms with van der Waals surface area (Å²) in [6.45, 7) is 12.3. The molecule has 1 heterocycles. The molecule has 158 valence electrons. The van der Waals surface area contributed by atoms with Crippen molar-refractivity contribution in [3.63, 3.8) is 0 Å². The van der Waals surface area contributed by atoms with Crippen LogP contribution in [0.3, 0.4) is 0 Å². The molecule has 30 heavy (non-hydrogen) atoms. The molecule has 1 atom stereocenters. The van der Waals surface area contributed by atoms with Gasteiger partial charge in [0.05, 0.1) is 11.6 Å². The van der Waals surface area contributed by atoms with E-state index in [9.17, 15) is 4.79 Å². The summed E-state index contributed by atoms with van der Waals surface area (Å²) in [6.07, 6.45) is 0. The second-order valence-electron chi connectivity index (χ2n) is 8.19. The average Bonchev–Trinajstić information content (AvgIpc) is 3.06. The standard InChI is InChI=1S/C25H30N2O3/c1-15(2)20-7-9-21(10-8-20)18(5)26-25(28)24-23(19(6)30-27-24)14-29-22-12-16(3)11-17(4)13-22/h7-13,15,18H,14H2,1-6H3,(H,26,28). The Balaban J connectivity index is 1.70. The first-order valence-electron chi connectivity index (χ1n) is 10.3. The smallest absolute Gasteiger partial charge is 0.274 e. The highest BCUT2D eigenvalue weighted by Gasteiger charge is 2.22. The van der Waals surface area contributed by atoms with Crippen LogP contribution in [0, 0.1) is 20.8 Å². The molecule has 0 aliphatic carbocycles. The number of aromatic nitrogens is 1.